The molecule has 180 valence electrons. The monoisotopic (exact) mass is 489 g/mol. The number of amides is 1. The average Bonchev–Trinajstić information content (AvgIpc) is 3.24. The summed E-state index contributed by atoms with van der Waals surface area (Å²) < 4.78 is 19.9. The van der Waals surface area contributed by atoms with Crippen molar-refractivity contribution in [2.45, 2.75) is 31.6 Å². The molecule has 1 amide bonds. The Bertz CT molecular complexity index is 1340. The Morgan fingerprint density at radius 2 is 1.86 bits per heavy atom. The van der Waals surface area contributed by atoms with E-state index in [1.165, 1.54) is 11.8 Å². The van der Waals surface area contributed by atoms with Gasteiger partial charge in [-0.05, 0) is 55.0 Å². The highest BCUT2D eigenvalue weighted by Crippen LogP contribution is 2.34. The fraction of sp³-hybridized carbons (Fsp3) is 0.259. The van der Waals surface area contributed by atoms with Gasteiger partial charge in [-0.15, -0.1) is 11.8 Å². The van der Waals surface area contributed by atoms with Crippen molar-refractivity contribution in [3.63, 3.8) is 0 Å². The molecule has 0 saturated heterocycles. The number of nitrogens with one attached hydrogen (secondary N) is 1. The van der Waals surface area contributed by atoms with Gasteiger partial charge in [-0.3, -0.25) is 4.79 Å². The summed E-state index contributed by atoms with van der Waals surface area (Å²) in [6.45, 7) is 4.82. The summed E-state index contributed by atoms with van der Waals surface area (Å²) in [6, 6.07) is 21.7. The first kappa shape index (κ1) is 23.3. The summed E-state index contributed by atoms with van der Waals surface area (Å²) in [4.78, 5) is 17.3. The number of fused-ring (bicyclic) bond motifs is 2. The van der Waals surface area contributed by atoms with E-state index in [9.17, 15) is 4.79 Å². The summed E-state index contributed by atoms with van der Waals surface area (Å²) in [5.41, 5.74) is 3.87. The van der Waals surface area contributed by atoms with Crippen LogP contribution in [-0.4, -0.2) is 34.4 Å². The number of rotatable bonds is 10. The summed E-state index contributed by atoms with van der Waals surface area (Å²) in [5.74, 6) is 2.85. The van der Waals surface area contributed by atoms with Crippen molar-refractivity contribution in [3.8, 4) is 11.5 Å². The first-order valence-electron chi connectivity index (χ1n) is 11.6. The van der Waals surface area contributed by atoms with Crippen molar-refractivity contribution in [1.29, 1.82) is 0 Å². The number of anilines is 1. The fourth-order valence-corrected chi connectivity index (χ4v) is 4.80. The van der Waals surface area contributed by atoms with Crippen LogP contribution in [0.5, 0.6) is 11.5 Å². The van der Waals surface area contributed by atoms with E-state index in [0.29, 0.717) is 32.2 Å². The quantitative estimate of drug-likeness (QED) is 0.306. The lowest BCUT2D eigenvalue weighted by molar-refractivity contribution is -0.113. The lowest BCUT2D eigenvalue weighted by Crippen LogP contribution is -2.18. The molecular formula is C27H27N3O4S. The first-order valence-corrected chi connectivity index (χ1v) is 12.6. The molecular weight excluding hydrogens is 462 g/mol. The van der Waals surface area contributed by atoms with Gasteiger partial charge in [0.1, 0.15) is 30.5 Å². The van der Waals surface area contributed by atoms with Crippen molar-refractivity contribution < 1.29 is 19.0 Å². The molecule has 4 aromatic rings. The van der Waals surface area contributed by atoms with E-state index in [-0.39, 0.29) is 5.91 Å². The Kier molecular flexibility index (Phi) is 7.20. The zero-order chi connectivity index (χ0) is 24.0. The van der Waals surface area contributed by atoms with E-state index in [1.807, 2.05) is 67.6 Å². The van der Waals surface area contributed by atoms with Crippen LogP contribution in [0.3, 0.4) is 0 Å². The number of carbonyl (C=O) groups excluding carboxylic acids is 1. The molecule has 1 aliphatic heterocycles. The number of para-hydroxylation sites is 2. The molecule has 35 heavy (non-hydrogen) atoms. The second-order valence-corrected chi connectivity index (χ2v) is 9.10. The highest BCUT2D eigenvalue weighted by Gasteiger charge is 2.16. The molecule has 1 aromatic heterocycles. The van der Waals surface area contributed by atoms with Gasteiger partial charge >= 0.3 is 0 Å². The predicted molar refractivity (Wildman–Crippen MR) is 137 cm³/mol. The molecule has 0 saturated carbocycles. The first-order chi connectivity index (χ1) is 17.2. The number of benzene rings is 3. The van der Waals surface area contributed by atoms with E-state index in [0.717, 1.165) is 51.0 Å². The van der Waals surface area contributed by atoms with Gasteiger partial charge in [0.2, 0.25) is 5.91 Å². The number of carbonyl (C=O) groups is 1. The van der Waals surface area contributed by atoms with Crippen molar-refractivity contribution in [2.75, 3.05) is 24.3 Å². The van der Waals surface area contributed by atoms with E-state index in [1.54, 1.807) is 0 Å². The highest BCUT2D eigenvalue weighted by molar-refractivity contribution is 8.00. The van der Waals surface area contributed by atoms with Crippen LogP contribution in [-0.2, 0) is 29.3 Å². The van der Waals surface area contributed by atoms with E-state index in [2.05, 4.69) is 16.0 Å². The minimum atomic E-state index is 0.0258. The lowest BCUT2D eigenvalue weighted by atomic mass is 10.2. The molecule has 1 N–H and O–H groups in total. The van der Waals surface area contributed by atoms with Gasteiger partial charge in [-0.25, -0.2) is 4.98 Å². The molecule has 0 fully saturated rings. The summed E-state index contributed by atoms with van der Waals surface area (Å²) in [6.07, 6.45) is 0. The number of hydrogen-bond acceptors (Lipinski definition) is 6. The Labute approximate surface area is 208 Å². The number of imidazole rings is 1. The van der Waals surface area contributed by atoms with Crippen molar-refractivity contribution in [1.82, 2.24) is 9.55 Å². The summed E-state index contributed by atoms with van der Waals surface area (Å²) in [7, 11) is 0. The molecule has 0 atom stereocenters. The van der Waals surface area contributed by atoms with Crippen LogP contribution in [0, 0.1) is 0 Å². The van der Waals surface area contributed by atoms with Crippen LogP contribution < -0.4 is 14.8 Å². The van der Waals surface area contributed by atoms with Crippen LogP contribution in [0.15, 0.2) is 71.6 Å². The molecule has 0 radical (unpaired) electrons. The second-order valence-electron chi connectivity index (χ2n) is 8.08. The molecule has 0 unspecified atom stereocenters. The van der Waals surface area contributed by atoms with Crippen molar-refractivity contribution in [2.24, 2.45) is 0 Å². The maximum absolute atomic E-state index is 11.5. The third-order valence-electron chi connectivity index (χ3n) is 5.65. The van der Waals surface area contributed by atoms with Gasteiger partial charge in [0.05, 0.1) is 29.1 Å². The van der Waals surface area contributed by atoms with Crippen LogP contribution in [0.2, 0.25) is 0 Å². The molecule has 3 aromatic carbocycles. The zero-order valence-electron chi connectivity index (χ0n) is 19.5. The minimum Gasteiger partial charge on any atom is -0.489 e. The molecule has 0 bridgehead atoms. The van der Waals surface area contributed by atoms with Gasteiger partial charge in [0, 0.05) is 18.0 Å². The number of nitrogens with zero attached hydrogens (tertiary/aromatic N) is 2. The van der Waals surface area contributed by atoms with Crippen LogP contribution in [0.25, 0.3) is 11.0 Å². The van der Waals surface area contributed by atoms with Crippen LogP contribution >= 0.6 is 11.8 Å². The number of thioether (sulfide) groups is 1. The average molecular weight is 490 g/mol. The number of aromatic nitrogens is 2. The smallest absolute Gasteiger partial charge is 0.234 e. The Balaban J connectivity index is 1.23. The van der Waals surface area contributed by atoms with E-state index < -0.39 is 0 Å². The van der Waals surface area contributed by atoms with Gasteiger partial charge in [-0.2, -0.15) is 0 Å². The van der Waals surface area contributed by atoms with Crippen LogP contribution in [0.4, 0.5) is 5.69 Å². The van der Waals surface area contributed by atoms with Gasteiger partial charge in [-0.1, -0.05) is 24.3 Å². The van der Waals surface area contributed by atoms with E-state index in [4.69, 9.17) is 19.2 Å². The predicted octanol–water partition coefficient (Wildman–Crippen LogP) is 5.28. The maximum atomic E-state index is 11.5. The highest BCUT2D eigenvalue weighted by atomic mass is 32.2. The molecule has 5 rings (SSSR count). The maximum Gasteiger partial charge on any atom is 0.234 e. The largest absolute Gasteiger partial charge is 0.489 e. The SMILES string of the molecule is CCOCCn1c(COc2cccc(COc3ccc4c(c3)SCC(=O)N4)c2)nc2ccccc21. The molecule has 7 nitrogen and oxygen atoms in total. The number of ether oxygens (including phenoxy) is 3. The van der Waals surface area contributed by atoms with Gasteiger partial charge in [0.25, 0.3) is 0 Å². The molecule has 2 heterocycles. The standard InChI is InChI=1S/C27H27N3O4S/c1-2-32-13-12-30-24-9-4-3-8-22(24)28-26(30)17-34-20-7-5-6-19(14-20)16-33-21-10-11-23-25(15-21)35-18-27(31)29-23/h3-11,14-15H,2,12-13,16-18H2,1H3,(H,29,31). The number of hydrogen-bond donors (Lipinski definition) is 1. The third kappa shape index (κ3) is 5.61. The Morgan fingerprint density at radius 3 is 2.77 bits per heavy atom. The van der Waals surface area contributed by atoms with Crippen molar-refractivity contribution in [3.05, 3.63) is 78.1 Å². The van der Waals surface area contributed by atoms with Gasteiger partial charge in [0.15, 0.2) is 0 Å². The summed E-state index contributed by atoms with van der Waals surface area (Å²) in [5, 5.41) is 2.88. The fourth-order valence-electron chi connectivity index (χ4n) is 3.97. The second kappa shape index (κ2) is 10.8. The molecule has 0 aliphatic carbocycles. The third-order valence-corrected chi connectivity index (χ3v) is 6.71. The summed E-state index contributed by atoms with van der Waals surface area (Å²) >= 11 is 1.52. The Morgan fingerprint density at radius 1 is 1.00 bits per heavy atom. The van der Waals surface area contributed by atoms with Crippen molar-refractivity contribution >= 4 is 34.4 Å². The molecule has 1 aliphatic rings. The lowest BCUT2D eigenvalue weighted by Gasteiger charge is -2.17. The normalized spacial score (nSPS) is 12.9. The topological polar surface area (TPSA) is 74.6 Å². The molecule has 0 spiro atoms. The minimum absolute atomic E-state index is 0.0258. The van der Waals surface area contributed by atoms with E-state index >= 15 is 0 Å². The molecule has 8 heteroatoms. The van der Waals surface area contributed by atoms with Gasteiger partial charge < -0.3 is 24.1 Å². The zero-order valence-corrected chi connectivity index (χ0v) is 20.3. The Hall–Kier alpha value is -3.49. The van der Waals surface area contributed by atoms with Crippen LogP contribution in [0.1, 0.15) is 18.3 Å².